The molecule has 61 heavy (non-hydrogen) atoms. The highest BCUT2D eigenvalue weighted by Gasteiger charge is 2.46. The van der Waals surface area contributed by atoms with Crippen molar-refractivity contribution >= 4 is 96.8 Å². The summed E-state index contributed by atoms with van der Waals surface area (Å²) in [5.74, 6) is -6.43. The van der Waals surface area contributed by atoms with Gasteiger partial charge in [0.25, 0.3) is 0 Å². The molecular weight excluding hydrogens is 801 g/mol. The number of benzene rings is 4. The molecule has 4 aromatic carbocycles. The van der Waals surface area contributed by atoms with Gasteiger partial charge < -0.3 is 18.9 Å². The molecule has 4 aromatic rings. The number of hydrogen-bond donors (Lipinski definition) is 1. The summed E-state index contributed by atoms with van der Waals surface area (Å²) in [6.45, 7) is -0.712. The molecule has 0 spiro atoms. The summed E-state index contributed by atoms with van der Waals surface area (Å²) in [6.07, 6.45) is -0.786. The van der Waals surface area contributed by atoms with Gasteiger partial charge in [-0.15, -0.1) is 0 Å². The highest BCUT2D eigenvalue weighted by molar-refractivity contribution is 7.86. The van der Waals surface area contributed by atoms with E-state index in [1.54, 1.807) is 25.1 Å². The van der Waals surface area contributed by atoms with Crippen molar-refractivity contribution in [2.45, 2.75) is 62.7 Å². The molecule has 0 aromatic heterocycles. The number of carbonyl (C=O) groups is 4. The molecule has 296 valence electrons. The van der Waals surface area contributed by atoms with Crippen molar-refractivity contribution in [2.75, 3.05) is 6.61 Å². The summed E-state index contributed by atoms with van der Waals surface area (Å²) >= 11 is 0. The van der Waals surface area contributed by atoms with Gasteiger partial charge in [0.2, 0.25) is 0 Å². The Morgan fingerprint density at radius 1 is 0.508 bits per heavy atom. The van der Waals surface area contributed by atoms with Crippen molar-refractivity contribution in [1.29, 1.82) is 0 Å². The lowest BCUT2D eigenvalue weighted by atomic mass is 9.85. The van der Waals surface area contributed by atoms with Crippen LogP contribution in [0.15, 0.2) is 48.5 Å². The maximum atomic E-state index is 14.3. The van der Waals surface area contributed by atoms with Crippen molar-refractivity contribution < 1.29 is 59.9 Å². The van der Waals surface area contributed by atoms with Crippen LogP contribution in [0.1, 0.15) is 91.5 Å². The van der Waals surface area contributed by atoms with Crippen LogP contribution in [0.3, 0.4) is 0 Å². The summed E-state index contributed by atoms with van der Waals surface area (Å²) < 4.78 is 82.1. The van der Waals surface area contributed by atoms with E-state index in [2.05, 4.69) is 4.74 Å². The fourth-order valence-corrected chi connectivity index (χ4v) is 6.33. The summed E-state index contributed by atoms with van der Waals surface area (Å²) in [6, 6.07) is 10.5. The number of carbonyl (C=O) groups excluding carboxylic acids is 4. The van der Waals surface area contributed by atoms with E-state index in [-0.39, 0.29) is 95.6 Å². The number of rotatable bonds is 18. The number of halogens is 2. The zero-order valence-corrected chi connectivity index (χ0v) is 33.6. The fraction of sp³-hybridized carbons (Fsp3) is 0.282. The lowest BCUT2D eigenvalue weighted by Gasteiger charge is -2.20. The summed E-state index contributed by atoms with van der Waals surface area (Å²) in [5.41, 5.74) is -0.142. The first-order valence-corrected chi connectivity index (χ1v) is 19.6. The van der Waals surface area contributed by atoms with Crippen LogP contribution in [0, 0.1) is 6.92 Å². The zero-order chi connectivity index (χ0) is 45.4. The second kappa shape index (κ2) is 20.7. The second-order valence-electron chi connectivity index (χ2n) is 13.3. The maximum absolute atomic E-state index is 14.3. The second-order valence-corrected chi connectivity index (χ2v) is 14.9. The number of hydrogen-bond acceptors (Lipinski definition) is 10. The van der Waals surface area contributed by atoms with E-state index in [1.165, 1.54) is 18.2 Å². The lowest BCUT2D eigenvalue weighted by molar-refractivity contribution is -0.00963. The SMILES string of the molecule is [B]Cc1cc(C)c(OC(=O)c2cc(C(=O)Oc3c(C[B])cc(C[B])cc3C[B])c(C(=O)Oc3c(C[B])cc(C[B])cc3C[B])cc2C(=O)OCC(F)(F)S(=O)(=O)O)c(C[B])c1. The quantitative estimate of drug-likeness (QED) is 0.0681. The van der Waals surface area contributed by atoms with E-state index in [1.807, 2.05) is 0 Å². The number of aryl methyl sites for hydroxylation is 1. The summed E-state index contributed by atoms with van der Waals surface area (Å²) in [5, 5.41) is -5.03. The average molecular weight is 831 g/mol. The molecule has 11 nitrogen and oxygen atoms in total. The molecule has 0 amide bonds. The van der Waals surface area contributed by atoms with Gasteiger partial charge in [-0.3, -0.25) is 4.55 Å². The van der Waals surface area contributed by atoms with Crippen LogP contribution in [0.4, 0.5) is 8.78 Å². The van der Waals surface area contributed by atoms with Gasteiger partial charge in [0.05, 0.1) is 85.0 Å². The molecule has 0 saturated carbocycles. The minimum Gasteiger partial charge on any atom is -0.454 e. The van der Waals surface area contributed by atoms with Crippen molar-refractivity contribution in [3.05, 3.63) is 121 Å². The summed E-state index contributed by atoms with van der Waals surface area (Å²) in [4.78, 5) is 56.4. The van der Waals surface area contributed by atoms with E-state index in [9.17, 15) is 36.4 Å². The third-order valence-corrected chi connectivity index (χ3v) is 10.1. The molecular formula is C39H30B8F2O11S. The first-order chi connectivity index (χ1) is 28.8. The number of esters is 4. The Morgan fingerprint density at radius 2 is 0.803 bits per heavy atom. The Hall–Kier alpha value is -4.95. The maximum Gasteiger partial charge on any atom is 0.402 e. The zero-order valence-electron chi connectivity index (χ0n) is 32.8. The van der Waals surface area contributed by atoms with Gasteiger partial charge in [0.15, 0.2) is 6.61 Å². The Labute approximate surface area is 362 Å². The Morgan fingerprint density at radius 3 is 1.11 bits per heavy atom. The predicted molar refractivity (Wildman–Crippen MR) is 228 cm³/mol. The van der Waals surface area contributed by atoms with Gasteiger partial charge in [0.1, 0.15) is 17.2 Å². The van der Waals surface area contributed by atoms with Crippen LogP contribution in [-0.2, 0) is 65.4 Å². The molecule has 0 atom stereocenters. The normalized spacial score (nSPS) is 11.5. The molecule has 0 saturated heterocycles. The molecule has 4 rings (SSSR count). The Kier molecular flexibility index (Phi) is 16.6. The number of alkyl halides is 2. The predicted octanol–water partition coefficient (Wildman–Crippen LogP) is 2.64. The van der Waals surface area contributed by atoms with Gasteiger partial charge in [0, 0.05) is 0 Å². The third kappa shape index (κ3) is 11.1. The van der Waals surface area contributed by atoms with Crippen LogP contribution >= 0.6 is 0 Å². The van der Waals surface area contributed by atoms with E-state index in [0.717, 1.165) is 0 Å². The van der Waals surface area contributed by atoms with E-state index in [0.29, 0.717) is 34.4 Å². The topological polar surface area (TPSA) is 160 Å². The third-order valence-electron chi connectivity index (χ3n) is 9.19. The van der Waals surface area contributed by atoms with Crippen LogP contribution in [0.2, 0.25) is 0 Å². The summed E-state index contributed by atoms with van der Waals surface area (Å²) in [7, 11) is 41.1. The lowest BCUT2D eigenvalue weighted by Crippen LogP contribution is -2.35. The van der Waals surface area contributed by atoms with Crippen molar-refractivity contribution in [3.8, 4) is 17.2 Å². The van der Waals surface area contributed by atoms with Gasteiger partial charge in [-0.05, 0) is 52.4 Å². The monoisotopic (exact) mass is 832 g/mol. The highest BCUT2D eigenvalue weighted by atomic mass is 32.2. The molecule has 22 heteroatoms. The molecule has 0 unspecified atom stereocenters. The van der Waals surface area contributed by atoms with Crippen molar-refractivity contribution in [1.82, 2.24) is 0 Å². The van der Waals surface area contributed by atoms with Crippen LogP contribution in [-0.4, -0.2) is 111 Å². The first-order valence-electron chi connectivity index (χ1n) is 18.2. The van der Waals surface area contributed by atoms with E-state index >= 15 is 0 Å². The fourth-order valence-electron chi connectivity index (χ4n) is 6.12. The van der Waals surface area contributed by atoms with Crippen molar-refractivity contribution in [3.63, 3.8) is 0 Å². The largest absolute Gasteiger partial charge is 0.454 e. The van der Waals surface area contributed by atoms with Crippen LogP contribution in [0.25, 0.3) is 0 Å². The van der Waals surface area contributed by atoms with E-state index < -0.39 is 68.1 Å². The molecule has 0 aliphatic carbocycles. The molecule has 0 fully saturated rings. The smallest absolute Gasteiger partial charge is 0.402 e. The molecule has 0 heterocycles. The molecule has 1 N–H and O–H groups in total. The van der Waals surface area contributed by atoms with Crippen LogP contribution in [0.5, 0.6) is 17.2 Å². The minimum absolute atomic E-state index is 0.0508. The molecule has 0 aliphatic rings. The van der Waals surface area contributed by atoms with Crippen molar-refractivity contribution in [2.24, 2.45) is 0 Å². The highest BCUT2D eigenvalue weighted by Crippen LogP contribution is 2.33. The molecule has 0 bridgehead atoms. The van der Waals surface area contributed by atoms with Gasteiger partial charge in [-0.25, -0.2) is 19.2 Å². The first kappa shape index (κ1) is 48.7. The standard InChI is InChI=1S/C39H30B8F2O11S/c1-19-2-20(10-40)3-23(13-43)32(19)58-36(51)29-9-31(38(53)60-34-26(16-46)6-22(12-42)7-27(34)17-47)30(8-28(29)35(50)57-18-39(48,49)61(54,55)56)37(52)59-33-24(14-44)4-21(11-41)5-25(33)15-45/h2-9H,10-18H2,1H3,(H,54,55,56). The van der Waals surface area contributed by atoms with Gasteiger partial charge in [-0.1, -0.05) is 104 Å². The van der Waals surface area contributed by atoms with Gasteiger partial charge >= 0.3 is 39.2 Å². The number of ether oxygens (including phenoxy) is 4. The van der Waals surface area contributed by atoms with Crippen LogP contribution < -0.4 is 14.2 Å². The molecule has 0 aliphatic heterocycles. The van der Waals surface area contributed by atoms with Gasteiger partial charge in [-0.2, -0.15) is 17.2 Å². The molecule has 16 radical (unpaired) electrons. The Bertz CT molecular complexity index is 2420. The Balaban J connectivity index is 2.03. The minimum atomic E-state index is -6.12. The average Bonchev–Trinajstić information content (AvgIpc) is 3.24. The van der Waals surface area contributed by atoms with E-state index in [4.69, 9.17) is 81.5 Å².